The highest BCUT2D eigenvalue weighted by Crippen LogP contribution is 2.26. The number of methoxy groups -OCH3 is 1. The van der Waals surface area contributed by atoms with Gasteiger partial charge in [-0.1, -0.05) is 41.7 Å². The Kier molecular flexibility index (Phi) is 8.08. The molecule has 0 radical (unpaired) electrons. The van der Waals surface area contributed by atoms with Crippen molar-refractivity contribution in [2.75, 3.05) is 33.4 Å². The first-order valence-corrected chi connectivity index (χ1v) is 12.1. The Labute approximate surface area is 202 Å². The van der Waals surface area contributed by atoms with E-state index < -0.39 is 12.1 Å². The Morgan fingerprint density at radius 1 is 1.32 bits per heavy atom. The molecule has 1 aromatic heterocycles. The van der Waals surface area contributed by atoms with Gasteiger partial charge in [0.2, 0.25) is 0 Å². The van der Waals surface area contributed by atoms with Crippen molar-refractivity contribution < 1.29 is 14.3 Å². The molecule has 3 aromatic rings. The molecule has 4 rings (SSSR count). The van der Waals surface area contributed by atoms with Gasteiger partial charge in [-0.25, -0.2) is 0 Å². The van der Waals surface area contributed by atoms with Crippen molar-refractivity contribution in [3.8, 4) is 17.2 Å². The molecule has 8 nitrogen and oxygen atoms in total. The van der Waals surface area contributed by atoms with E-state index in [0.29, 0.717) is 32.7 Å². The minimum absolute atomic E-state index is 0.00849. The molecule has 0 spiro atoms. The summed E-state index contributed by atoms with van der Waals surface area (Å²) in [5, 5.41) is 15.5. The lowest BCUT2D eigenvalue weighted by Gasteiger charge is -2.18. The van der Waals surface area contributed by atoms with Crippen LogP contribution in [0.15, 0.2) is 47.3 Å². The quantitative estimate of drug-likeness (QED) is 0.513. The van der Waals surface area contributed by atoms with Gasteiger partial charge in [-0.2, -0.15) is 5.26 Å². The number of fused-ring (bicyclic) bond motifs is 1. The van der Waals surface area contributed by atoms with Gasteiger partial charge in [0.25, 0.3) is 5.91 Å². The number of thiazole rings is 1. The smallest absolute Gasteiger partial charge is 0.308 e. The monoisotopic (exact) mass is 480 g/mol. The molecule has 1 aliphatic heterocycles. The van der Waals surface area contributed by atoms with E-state index in [0.717, 1.165) is 39.9 Å². The van der Waals surface area contributed by atoms with Crippen LogP contribution >= 0.6 is 11.3 Å². The molecule has 0 bridgehead atoms. The number of aromatic nitrogens is 1. The zero-order valence-electron chi connectivity index (χ0n) is 19.1. The van der Waals surface area contributed by atoms with Crippen LogP contribution in [-0.2, 0) is 27.2 Å². The van der Waals surface area contributed by atoms with Gasteiger partial charge in [-0.3, -0.25) is 14.2 Å². The normalized spacial score (nSPS) is 17.1. The minimum Gasteiger partial charge on any atom is -0.383 e. The van der Waals surface area contributed by atoms with Crippen molar-refractivity contribution in [1.29, 1.82) is 5.26 Å². The van der Waals surface area contributed by atoms with Crippen LogP contribution in [-0.4, -0.2) is 56.0 Å². The highest BCUT2D eigenvalue weighted by atomic mass is 32.1. The van der Waals surface area contributed by atoms with Gasteiger partial charge in [-0.15, -0.1) is 0 Å². The van der Waals surface area contributed by atoms with E-state index in [1.165, 1.54) is 11.3 Å². The number of carbonyl (C=O) groups excluding carboxylic acids is 1. The summed E-state index contributed by atoms with van der Waals surface area (Å²) in [6.07, 6.45) is 0.694. The molecular weight excluding hydrogens is 452 g/mol. The number of benzene rings is 2. The van der Waals surface area contributed by atoms with E-state index in [-0.39, 0.29) is 10.8 Å². The topological polar surface area (TPSA) is 105 Å². The molecule has 1 saturated heterocycles. The minimum atomic E-state index is -0.637. The van der Waals surface area contributed by atoms with Crippen LogP contribution in [0, 0.1) is 11.3 Å². The maximum atomic E-state index is 12.5. The summed E-state index contributed by atoms with van der Waals surface area (Å²) in [4.78, 5) is 24.8. The Morgan fingerprint density at radius 2 is 2.12 bits per heavy atom. The van der Waals surface area contributed by atoms with Gasteiger partial charge in [0.1, 0.15) is 12.1 Å². The lowest BCUT2D eigenvalue weighted by Crippen LogP contribution is -2.46. The summed E-state index contributed by atoms with van der Waals surface area (Å²) < 4.78 is 13.4. The molecule has 9 heteroatoms. The zero-order chi connectivity index (χ0) is 23.9. The zero-order valence-corrected chi connectivity index (χ0v) is 19.9. The van der Waals surface area contributed by atoms with Crippen LogP contribution in [0.3, 0.4) is 0 Å². The average Bonchev–Trinajstić information content (AvgIpc) is 3.01. The SMILES string of the molecule is COCCn1c(=O)sc2ccc(-c3ccc(C[C@@H](C#N)NC(=O)[C@@H]4CNCCCO4)cc3)cc21. The van der Waals surface area contributed by atoms with Crippen LogP contribution in [0.4, 0.5) is 0 Å². The number of hydrogen-bond acceptors (Lipinski definition) is 7. The molecule has 34 heavy (non-hydrogen) atoms. The number of nitrogens with zero attached hydrogens (tertiary/aromatic N) is 2. The number of carbonyl (C=O) groups is 1. The summed E-state index contributed by atoms with van der Waals surface area (Å²) in [5.41, 5.74) is 3.87. The Morgan fingerprint density at radius 3 is 2.88 bits per heavy atom. The largest absolute Gasteiger partial charge is 0.383 e. The maximum Gasteiger partial charge on any atom is 0.308 e. The fourth-order valence-electron chi connectivity index (χ4n) is 3.98. The van der Waals surface area contributed by atoms with Gasteiger partial charge < -0.3 is 20.1 Å². The van der Waals surface area contributed by atoms with Crippen molar-refractivity contribution in [3.05, 3.63) is 57.7 Å². The number of ether oxygens (including phenoxy) is 2. The molecule has 1 amide bonds. The first-order valence-electron chi connectivity index (χ1n) is 11.3. The molecule has 2 N–H and O–H groups in total. The van der Waals surface area contributed by atoms with E-state index >= 15 is 0 Å². The second kappa shape index (κ2) is 11.4. The Hall–Kier alpha value is -3.03. The maximum absolute atomic E-state index is 12.5. The summed E-state index contributed by atoms with van der Waals surface area (Å²) in [6.45, 7) is 2.80. The van der Waals surface area contributed by atoms with Crippen molar-refractivity contribution in [1.82, 2.24) is 15.2 Å². The Bertz CT molecular complexity index is 1220. The lowest BCUT2D eigenvalue weighted by atomic mass is 10.0. The number of rotatable bonds is 8. The standard InChI is InChI=1S/C25H28N4O4S/c1-32-12-10-29-21-14-19(7-8-23(21)34-25(29)31)18-5-3-17(4-6-18)13-20(15-26)28-24(30)22-16-27-9-2-11-33-22/h3-8,14,20,22,27H,2,9-13,16H2,1H3,(H,28,30)/t20-,22-/m0/s1. The highest BCUT2D eigenvalue weighted by molar-refractivity contribution is 7.16. The van der Waals surface area contributed by atoms with E-state index in [9.17, 15) is 14.9 Å². The number of nitrogens with one attached hydrogen (secondary N) is 2. The molecule has 2 heterocycles. The van der Waals surface area contributed by atoms with Gasteiger partial charge in [0.05, 0.1) is 29.4 Å². The van der Waals surface area contributed by atoms with Crippen molar-refractivity contribution in [2.45, 2.75) is 31.5 Å². The fourth-order valence-corrected chi connectivity index (χ4v) is 4.88. The van der Waals surface area contributed by atoms with Crippen LogP contribution in [0.2, 0.25) is 0 Å². The van der Waals surface area contributed by atoms with Crippen LogP contribution in [0.25, 0.3) is 21.3 Å². The molecular formula is C25H28N4O4S. The van der Waals surface area contributed by atoms with E-state index in [4.69, 9.17) is 9.47 Å². The third-order valence-electron chi connectivity index (χ3n) is 5.82. The third-order valence-corrected chi connectivity index (χ3v) is 6.79. The van der Waals surface area contributed by atoms with Gasteiger partial charge >= 0.3 is 4.87 Å². The molecule has 2 aromatic carbocycles. The summed E-state index contributed by atoms with van der Waals surface area (Å²) in [7, 11) is 1.62. The summed E-state index contributed by atoms with van der Waals surface area (Å²) in [6, 6.07) is 15.5. The summed E-state index contributed by atoms with van der Waals surface area (Å²) >= 11 is 1.23. The van der Waals surface area contributed by atoms with E-state index in [2.05, 4.69) is 16.7 Å². The molecule has 2 atom stereocenters. The predicted octanol–water partition coefficient (Wildman–Crippen LogP) is 2.31. The summed E-state index contributed by atoms with van der Waals surface area (Å²) in [5.74, 6) is -0.263. The first kappa shape index (κ1) is 24.1. The number of amides is 1. The second-order valence-corrected chi connectivity index (χ2v) is 9.20. The van der Waals surface area contributed by atoms with Crippen LogP contribution in [0.1, 0.15) is 12.0 Å². The van der Waals surface area contributed by atoms with Gasteiger partial charge in [0, 0.05) is 26.7 Å². The van der Waals surface area contributed by atoms with Crippen molar-refractivity contribution >= 4 is 27.5 Å². The number of hydrogen-bond donors (Lipinski definition) is 2. The number of nitriles is 1. The molecule has 1 fully saturated rings. The molecule has 0 aliphatic carbocycles. The molecule has 0 saturated carbocycles. The molecule has 1 aliphatic rings. The van der Waals surface area contributed by atoms with Gasteiger partial charge in [0.15, 0.2) is 0 Å². The van der Waals surface area contributed by atoms with E-state index in [1.54, 1.807) is 11.7 Å². The Balaban J connectivity index is 1.45. The molecule has 178 valence electrons. The average molecular weight is 481 g/mol. The van der Waals surface area contributed by atoms with Gasteiger partial charge in [-0.05, 0) is 41.8 Å². The van der Waals surface area contributed by atoms with Crippen molar-refractivity contribution in [2.24, 2.45) is 0 Å². The first-order chi connectivity index (χ1) is 16.6. The lowest BCUT2D eigenvalue weighted by molar-refractivity contribution is -0.132. The fraction of sp³-hybridized carbons (Fsp3) is 0.400. The van der Waals surface area contributed by atoms with Crippen molar-refractivity contribution in [3.63, 3.8) is 0 Å². The second-order valence-electron chi connectivity index (χ2n) is 8.20. The molecule has 0 unspecified atom stereocenters. The van der Waals surface area contributed by atoms with Crippen LogP contribution in [0.5, 0.6) is 0 Å². The third kappa shape index (κ3) is 5.72. The predicted molar refractivity (Wildman–Crippen MR) is 132 cm³/mol. The van der Waals surface area contributed by atoms with Crippen LogP contribution < -0.4 is 15.5 Å². The highest BCUT2D eigenvalue weighted by Gasteiger charge is 2.23. The van der Waals surface area contributed by atoms with E-state index in [1.807, 2.05) is 42.5 Å².